The average Bonchev–Trinajstić information content (AvgIpc) is 3.28. The van der Waals surface area contributed by atoms with Gasteiger partial charge in [0.15, 0.2) is 0 Å². The molecule has 0 aromatic rings. The number of carboxylic acid groups (broad SMARTS) is 1. The molecule has 2 amide bonds. The zero-order chi connectivity index (χ0) is 14.7. The molecule has 2 N–H and O–H groups in total. The Labute approximate surface area is 120 Å². The van der Waals surface area contributed by atoms with Gasteiger partial charge in [-0.1, -0.05) is 19.3 Å². The molecular weight excluding hydrogens is 256 g/mol. The summed E-state index contributed by atoms with van der Waals surface area (Å²) < 4.78 is 0. The van der Waals surface area contributed by atoms with Crippen LogP contribution in [0.5, 0.6) is 0 Å². The monoisotopic (exact) mass is 282 g/mol. The van der Waals surface area contributed by atoms with Gasteiger partial charge in [-0.3, -0.25) is 0 Å². The molecular formula is C15H26N2O3. The van der Waals surface area contributed by atoms with Crippen LogP contribution >= 0.6 is 0 Å². The van der Waals surface area contributed by atoms with Crippen LogP contribution in [-0.2, 0) is 4.79 Å². The standard InChI is InChI=1S/C15H26N2O3/c1-10(11-8-9-11)17(2)15(20)16-13(14(18)19)12-6-4-3-5-7-12/h10-13H,3-9H2,1-2H3,(H,16,20)(H,18,19). The second-order valence-corrected chi connectivity index (χ2v) is 6.35. The van der Waals surface area contributed by atoms with Crippen LogP contribution in [0, 0.1) is 11.8 Å². The molecule has 5 heteroatoms. The van der Waals surface area contributed by atoms with E-state index in [1.807, 2.05) is 6.92 Å². The Balaban J connectivity index is 1.92. The minimum Gasteiger partial charge on any atom is -0.480 e. The zero-order valence-corrected chi connectivity index (χ0v) is 12.5. The van der Waals surface area contributed by atoms with Crippen LogP contribution in [-0.4, -0.2) is 41.1 Å². The first-order chi connectivity index (χ1) is 9.50. The average molecular weight is 282 g/mol. The third-order valence-corrected chi connectivity index (χ3v) is 4.90. The van der Waals surface area contributed by atoms with Gasteiger partial charge in [-0.25, -0.2) is 9.59 Å². The van der Waals surface area contributed by atoms with Gasteiger partial charge in [-0.15, -0.1) is 0 Å². The van der Waals surface area contributed by atoms with Crippen molar-refractivity contribution in [2.24, 2.45) is 11.8 Å². The largest absolute Gasteiger partial charge is 0.480 e. The molecule has 0 radical (unpaired) electrons. The fourth-order valence-electron chi connectivity index (χ4n) is 3.16. The van der Waals surface area contributed by atoms with E-state index in [4.69, 9.17) is 0 Å². The molecule has 2 unspecified atom stereocenters. The molecule has 2 aliphatic carbocycles. The molecule has 0 aliphatic heterocycles. The Morgan fingerprint density at radius 1 is 1.10 bits per heavy atom. The van der Waals surface area contributed by atoms with Crippen LogP contribution in [0.3, 0.4) is 0 Å². The van der Waals surface area contributed by atoms with E-state index in [0.717, 1.165) is 25.7 Å². The van der Waals surface area contributed by atoms with Crippen LogP contribution in [0.4, 0.5) is 4.79 Å². The SMILES string of the molecule is CC(C1CC1)N(C)C(=O)NC(C(=O)O)C1CCCCC1. The highest BCUT2D eigenvalue weighted by molar-refractivity contribution is 5.82. The van der Waals surface area contributed by atoms with Crippen molar-refractivity contribution >= 4 is 12.0 Å². The molecule has 0 saturated heterocycles. The molecule has 0 aromatic carbocycles. The van der Waals surface area contributed by atoms with Crippen molar-refractivity contribution in [1.82, 2.24) is 10.2 Å². The number of carbonyl (C=O) groups excluding carboxylic acids is 1. The smallest absolute Gasteiger partial charge is 0.326 e. The number of hydrogen-bond donors (Lipinski definition) is 2. The molecule has 0 heterocycles. The molecule has 0 spiro atoms. The van der Waals surface area contributed by atoms with Crippen molar-refractivity contribution in [2.75, 3.05) is 7.05 Å². The van der Waals surface area contributed by atoms with Crippen molar-refractivity contribution in [3.63, 3.8) is 0 Å². The minimum absolute atomic E-state index is 0.0785. The molecule has 2 aliphatic rings. The molecule has 2 saturated carbocycles. The van der Waals surface area contributed by atoms with Gasteiger partial charge in [0.05, 0.1) is 0 Å². The quantitative estimate of drug-likeness (QED) is 0.813. The van der Waals surface area contributed by atoms with Crippen molar-refractivity contribution < 1.29 is 14.7 Å². The maximum Gasteiger partial charge on any atom is 0.326 e. The van der Waals surface area contributed by atoms with Gasteiger partial charge in [0.2, 0.25) is 0 Å². The van der Waals surface area contributed by atoms with Gasteiger partial charge in [-0.05, 0) is 44.4 Å². The fraction of sp³-hybridized carbons (Fsp3) is 0.867. The summed E-state index contributed by atoms with van der Waals surface area (Å²) in [7, 11) is 1.76. The summed E-state index contributed by atoms with van der Waals surface area (Å²) >= 11 is 0. The van der Waals surface area contributed by atoms with Crippen molar-refractivity contribution in [2.45, 2.75) is 64.0 Å². The van der Waals surface area contributed by atoms with E-state index in [1.54, 1.807) is 11.9 Å². The Hall–Kier alpha value is -1.26. The summed E-state index contributed by atoms with van der Waals surface area (Å²) in [5, 5.41) is 12.1. The Bertz CT molecular complexity index is 362. The second kappa shape index (κ2) is 6.46. The molecule has 2 atom stereocenters. The zero-order valence-electron chi connectivity index (χ0n) is 12.5. The van der Waals surface area contributed by atoms with Gasteiger partial charge < -0.3 is 15.3 Å². The van der Waals surface area contributed by atoms with Gasteiger partial charge in [0.25, 0.3) is 0 Å². The number of urea groups is 1. The molecule has 20 heavy (non-hydrogen) atoms. The topological polar surface area (TPSA) is 69.6 Å². The second-order valence-electron chi connectivity index (χ2n) is 6.35. The summed E-state index contributed by atoms with van der Waals surface area (Å²) in [5.41, 5.74) is 0. The number of carboxylic acids is 1. The van der Waals surface area contributed by atoms with E-state index >= 15 is 0 Å². The highest BCUT2D eigenvalue weighted by Gasteiger charge is 2.35. The molecule has 0 bridgehead atoms. The third-order valence-electron chi connectivity index (χ3n) is 4.90. The highest BCUT2D eigenvalue weighted by atomic mass is 16.4. The van der Waals surface area contributed by atoms with E-state index < -0.39 is 12.0 Å². The number of rotatable bonds is 5. The third kappa shape index (κ3) is 3.64. The Morgan fingerprint density at radius 3 is 2.20 bits per heavy atom. The van der Waals surface area contributed by atoms with Crippen LogP contribution in [0.2, 0.25) is 0 Å². The van der Waals surface area contributed by atoms with Gasteiger partial charge in [0.1, 0.15) is 6.04 Å². The lowest BCUT2D eigenvalue weighted by Gasteiger charge is -2.31. The van der Waals surface area contributed by atoms with Crippen molar-refractivity contribution in [1.29, 1.82) is 0 Å². The summed E-state index contributed by atoms with van der Waals surface area (Å²) in [6.07, 6.45) is 7.46. The summed E-state index contributed by atoms with van der Waals surface area (Å²) in [5.74, 6) is -0.240. The first kappa shape index (κ1) is 15.1. The van der Waals surface area contributed by atoms with Gasteiger partial charge in [-0.2, -0.15) is 0 Å². The number of amides is 2. The molecule has 2 fully saturated rings. The maximum atomic E-state index is 12.2. The van der Waals surface area contributed by atoms with Crippen LogP contribution in [0.25, 0.3) is 0 Å². The van der Waals surface area contributed by atoms with Crippen LogP contribution < -0.4 is 5.32 Å². The van der Waals surface area contributed by atoms with Crippen molar-refractivity contribution in [3.05, 3.63) is 0 Å². The van der Waals surface area contributed by atoms with Crippen molar-refractivity contribution in [3.8, 4) is 0 Å². The summed E-state index contributed by atoms with van der Waals surface area (Å²) in [6, 6.07) is -0.796. The maximum absolute atomic E-state index is 12.2. The van der Waals surface area contributed by atoms with E-state index in [-0.39, 0.29) is 18.0 Å². The van der Waals surface area contributed by atoms with E-state index in [2.05, 4.69) is 5.32 Å². The highest BCUT2D eigenvalue weighted by Crippen LogP contribution is 2.34. The first-order valence-electron chi connectivity index (χ1n) is 7.77. The van der Waals surface area contributed by atoms with Gasteiger partial charge >= 0.3 is 12.0 Å². The number of hydrogen-bond acceptors (Lipinski definition) is 2. The summed E-state index contributed by atoms with van der Waals surface area (Å²) in [4.78, 5) is 25.3. The van der Waals surface area contributed by atoms with Gasteiger partial charge in [0, 0.05) is 13.1 Å². The fourth-order valence-corrected chi connectivity index (χ4v) is 3.16. The molecule has 114 valence electrons. The Morgan fingerprint density at radius 2 is 1.70 bits per heavy atom. The number of carbonyl (C=O) groups is 2. The molecule has 0 aromatic heterocycles. The number of nitrogens with one attached hydrogen (secondary N) is 1. The lowest BCUT2D eigenvalue weighted by molar-refractivity contribution is -0.141. The van der Waals surface area contributed by atoms with Crippen LogP contribution in [0.1, 0.15) is 51.9 Å². The first-order valence-corrected chi connectivity index (χ1v) is 7.77. The lowest BCUT2D eigenvalue weighted by atomic mass is 9.84. The van der Waals surface area contributed by atoms with Crippen LogP contribution in [0.15, 0.2) is 0 Å². The minimum atomic E-state index is -0.905. The predicted molar refractivity (Wildman–Crippen MR) is 76.5 cm³/mol. The molecule has 2 rings (SSSR count). The number of aliphatic carboxylic acids is 1. The van der Waals surface area contributed by atoms with E-state index in [9.17, 15) is 14.7 Å². The van der Waals surface area contributed by atoms with E-state index in [1.165, 1.54) is 19.3 Å². The predicted octanol–water partition coefficient (Wildman–Crippen LogP) is 2.46. The summed E-state index contributed by atoms with van der Waals surface area (Å²) in [6.45, 7) is 2.04. The lowest BCUT2D eigenvalue weighted by Crippen LogP contribution is -2.52. The molecule has 5 nitrogen and oxygen atoms in total. The normalized spacial score (nSPS) is 22.9. The Kier molecular flexibility index (Phi) is 4.89. The van der Waals surface area contributed by atoms with E-state index in [0.29, 0.717) is 5.92 Å². The number of nitrogens with zero attached hydrogens (tertiary/aromatic N) is 1.